The van der Waals surface area contributed by atoms with Gasteiger partial charge in [-0.3, -0.25) is 14.9 Å². The number of carbonyl (C=O) groups is 2. The Hall–Kier alpha value is -3.10. The molecule has 2 aromatic carbocycles. The van der Waals surface area contributed by atoms with Gasteiger partial charge >= 0.3 is 5.97 Å². The zero-order valence-electron chi connectivity index (χ0n) is 19.3. The molecule has 7 nitrogen and oxygen atoms in total. The van der Waals surface area contributed by atoms with Gasteiger partial charge in [0, 0.05) is 31.2 Å². The standard InChI is InChI=1S/C27H26N4O3.BrH/c32-24(30-27-28-12-5-13-29-27)17-31-14-10-18(11-15-31)23(16-31)34-26(33)25-21-8-3-1-6-19(21)20-7-2-4-9-22(20)25;/h1-9,12-13,18,23,25H,10-11,14-17H2;1H/t18?,23-,31?;/m0./s1. The van der Waals surface area contributed by atoms with E-state index >= 15 is 0 Å². The van der Waals surface area contributed by atoms with E-state index in [-0.39, 0.29) is 35.0 Å². The molecule has 4 aliphatic rings. The SMILES string of the molecule is O=C(C[N+]12CCC(CC1)[C@@H](OC(=O)C1c3ccccc3-c3ccccc31)C2)Nc1ncccn1.[Br-]. The summed E-state index contributed by atoms with van der Waals surface area (Å²) in [4.78, 5) is 34.5. The number of ether oxygens (including phenoxy) is 1. The van der Waals surface area contributed by atoms with Gasteiger partial charge in [-0.2, -0.15) is 0 Å². The summed E-state index contributed by atoms with van der Waals surface area (Å²) >= 11 is 0. The van der Waals surface area contributed by atoms with E-state index in [0.29, 0.717) is 29.4 Å². The van der Waals surface area contributed by atoms with Crippen LogP contribution in [0.2, 0.25) is 0 Å². The molecule has 1 amide bonds. The van der Waals surface area contributed by atoms with Gasteiger partial charge in [-0.25, -0.2) is 9.97 Å². The average molecular weight is 535 g/mol. The zero-order valence-corrected chi connectivity index (χ0v) is 20.9. The van der Waals surface area contributed by atoms with Gasteiger partial charge in [0.05, 0.1) is 13.1 Å². The Morgan fingerprint density at radius 2 is 1.51 bits per heavy atom. The van der Waals surface area contributed by atoms with Crippen LogP contribution >= 0.6 is 0 Å². The number of quaternary nitrogens is 1. The zero-order chi connectivity index (χ0) is 23.1. The van der Waals surface area contributed by atoms with Crippen LogP contribution in [0.3, 0.4) is 0 Å². The molecular formula is C27H27BrN4O3. The van der Waals surface area contributed by atoms with Crippen molar-refractivity contribution in [2.45, 2.75) is 24.9 Å². The molecule has 3 saturated heterocycles. The summed E-state index contributed by atoms with van der Waals surface area (Å²) < 4.78 is 6.88. The number of hydrogen-bond acceptors (Lipinski definition) is 5. The van der Waals surface area contributed by atoms with Crippen molar-refractivity contribution in [3.63, 3.8) is 0 Å². The van der Waals surface area contributed by atoms with Crippen molar-refractivity contribution >= 4 is 17.8 Å². The van der Waals surface area contributed by atoms with Crippen molar-refractivity contribution in [1.29, 1.82) is 0 Å². The van der Waals surface area contributed by atoms with E-state index in [0.717, 1.165) is 48.2 Å². The fourth-order valence-electron chi connectivity index (χ4n) is 6.04. The van der Waals surface area contributed by atoms with Crippen molar-refractivity contribution in [1.82, 2.24) is 9.97 Å². The third-order valence-corrected chi connectivity index (χ3v) is 7.67. The number of amides is 1. The molecule has 4 heterocycles. The topological polar surface area (TPSA) is 81.2 Å². The summed E-state index contributed by atoms with van der Waals surface area (Å²) in [5.41, 5.74) is 4.25. The van der Waals surface area contributed by atoms with E-state index in [4.69, 9.17) is 4.74 Å². The van der Waals surface area contributed by atoms with Crippen molar-refractivity contribution in [2.24, 2.45) is 5.92 Å². The molecule has 2 bridgehead atoms. The summed E-state index contributed by atoms with van der Waals surface area (Å²) in [5, 5.41) is 2.80. The molecule has 8 heteroatoms. The molecule has 3 aromatic rings. The fraction of sp³-hybridized carbons (Fsp3) is 0.333. The minimum Gasteiger partial charge on any atom is -1.00 e. The van der Waals surface area contributed by atoms with Gasteiger partial charge in [0.15, 0.2) is 12.6 Å². The highest BCUT2D eigenvalue weighted by Crippen LogP contribution is 2.46. The maximum Gasteiger partial charge on any atom is 0.318 e. The molecule has 1 N–H and O–H groups in total. The highest BCUT2D eigenvalue weighted by Gasteiger charge is 2.49. The molecule has 7 rings (SSSR count). The lowest BCUT2D eigenvalue weighted by Crippen LogP contribution is -3.00. The van der Waals surface area contributed by atoms with Crippen LogP contribution < -0.4 is 22.3 Å². The van der Waals surface area contributed by atoms with Gasteiger partial charge in [-0.05, 0) is 28.3 Å². The number of hydrogen-bond donors (Lipinski definition) is 1. The highest BCUT2D eigenvalue weighted by atomic mass is 79.9. The molecule has 0 spiro atoms. The number of anilines is 1. The summed E-state index contributed by atoms with van der Waals surface area (Å²) in [5.74, 6) is -0.00274. The largest absolute Gasteiger partial charge is 1.00 e. The van der Waals surface area contributed by atoms with Crippen molar-refractivity contribution < 1.29 is 35.8 Å². The maximum atomic E-state index is 13.6. The minimum atomic E-state index is -0.394. The van der Waals surface area contributed by atoms with Crippen molar-refractivity contribution in [2.75, 3.05) is 31.5 Å². The Labute approximate surface area is 214 Å². The Morgan fingerprint density at radius 3 is 2.14 bits per heavy atom. The summed E-state index contributed by atoms with van der Waals surface area (Å²) in [7, 11) is 0. The highest BCUT2D eigenvalue weighted by molar-refractivity contribution is 5.93. The van der Waals surface area contributed by atoms with Gasteiger partial charge in [-0.15, -0.1) is 0 Å². The summed E-state index contributed by atoms with van der Waals surface area (Å²) in [6.45, 7) is 2.87. The number of nitrogens with zero attached hydrogens (tertiary/aromatic N) is 3. The molecule has 0 radical (unpaired) electrons. The van der Waals surface area contributed by atoms with E-state index in [1.54, 1.807) is 18.5 Å². The van der Waals surface area contributed by atoms with Crippen LogP contribution in [0.1, 0.15) is 29.9 Å². The van der Waals surface area contributed by atoms with Crippen molar-refractivity contribution in [3.05, 3.63) is 78.1 Å². The lowest BCUT2D eigenvalue weighted by Gasteiger charge is -2.51. The molecule has 180 valence electrons. The van der Waals surface area contributed by atoms with Gasteiger partial charge in [0.2, 0.25) is 5.95 Å². The lowest BCUT2D eigenvalue weighted by molar-refractivity contribution is -0.938. The third kappa shape index (κ3) is 4.36. The van der Waals surface area contributed by atoms with Gasteiger partial charge in [0.1, 0.15) is 12.5 Å². The summed E-state index contributed by atoms with van der Waals surface area (Å²) in [6.07, 6.45) is 4.97. The average Bonchev–Trinajstić information content (AvgIpc) is 3.19. The van der Waals surface area contributed by atoms with E-state index in [1.807, 2.05) is 36.4 Å². The Morgan fingerprint density at radius 1 is 0.914 bits per heavy atom. The third-order valence-electron chi connectivity index (χ3n) is 7.67. The number of halogens is 1. The Bertz CT molecular complexity index is 1200. The molecule has 1 atom stereocenters. The van der Waals surface area contributed by atoms with Crippen LogP contribution in [-0.4, -0.2) is 58.6 Å². The quantitative estimate of drug-likeness (QED) is 0.378. The molecule has 3 fully saturated rings. The van der Waals surface area contributed by atoms with Crippen molar-refractivity contribution in [3.8, 4) is 11.1 Å². The van der Waals surface area contributed by atoms with E-state index in [9.17, 15) is 9.59 Å². The first-order valence-corrected chi connectivity index (χ1v) is 11.9. The molecule has 3 aliphatic heterocycles. The normalized spacial score (nSPS) is 24.1. The Kier molecular flexibility index (Phi) is 6.42. The number of benzene rings is 2. The second kappa shape index (κ2) is 9.51. The number of esters is 1. The molecular weight excluding hydrogens is 508 g/mol. The predicted octanol–water partition coefficient (Wildman–Crippen LogP) is 0.384. The lowest BCUT2D eigenvalue weighted by atomic mass is 9.83. The number of aromatic nitrogens is 2. The number of carbonyl (C=O) groups excluding carboxylic acids is 2. The van der Waals surface area contributed by atoms with Crippen LogP contribution in [0.5, 0.6) is 0 Å². The smallest absolute Gasteiger partial charge is 0.318 e. The van der Waals surface area contributed by atoms with Gasteiger partial charge in [-0.1, -0.05) is 48.5 Å². The summed E-state index contributed by atoms with van der Waals surface area (Å²) in [6, 6.07) is 17.9. The van der Waals surface area contributed by atoms with Gasteiger partial charge in [0.25, 0.3) is 5.91 Å². The molecule has 35 heavy (non-hydrogen) atoms. The second-order valence-electron chi connectivity index (χ2n) is 9.67. The first kappa shape index (κ1) is 23.6. The molecule has 0 saturated carbocycles. The van der Waals surface area contributed by atoms with Crippen LogP contribution in [0.4, 0.5) is 5.95 Å². The molecule has 1 aromatic heterocycles. The van der Waals surface area contributed by atoms with E-state index in [2.05, 4.69) is 27.4 Å². The maximum absolute atomic E-state index is 13.6. The van der Waals surface area contributed by atoms with Gasteiger partial charge < -0.3 is 26.2 Å². The second-order valence-corrected chi connectivity index (χ2v) is 9.67. The number of nitrogens with one attached hydrogen (secondary N) is 1. The van der Waals surface area contributed by atoms with Crippen LogP contribution in [0.15, 0.2) is 67.0 Å². The number of fused-ring (bicyclic) bond motifs is 6. The predicted molar refractivity (Wildman–Crippen MR) is 127 cm³/mol. The number of piperidine rings is 3. The molecule has 0 unspecified atom stereocenters. The first-order chi connectivity index (χ1) is 16.6. The van der Waals surface area contributed by atoms with E-state index < -0.39 is 5.92 Å². The number of rotatable bonds is 5. The molecule has 1 aliphatic carbocycles. The van der Waals surface area contributed by atoms with Crippen LogP contribution in [0.25, 0.3) is 11.1 Å². The van der Waals surface area contributed by atoms with Crippen LogP contribution in [0, 0.1) is 5.92 Å². The minimum absolute atomic E-state index is 0. The first-order valence-electron chi connectivity index (χ1n) is 11.9. The Balaban J connectivity index is 0.00000253. The fourth-order valence-corrected chi connectivity index (χ4v) is 6.04. The monoisotopic (exact) mass is 534 g/mol. The van der Waals surface area contributed by atoms with E-state index in [1.165, 1.54) is 0 Å². The van der Waals surface area contributed by atoms with Crippen LogP contribution in [-0.2, 0) is 14.3 Å².